The summed E-state index contributed by atoms with van der Waals surface area (Å²) in [5.74, 6) is 0.727. The molecule has 0 spiro atoms. The lowest BCUT2D eigenvalue weighted by Gasteiger charge is -2.59. The Balaban J connectivity index is 1.93. The Labute approximate surface area is 133 Å². The Morgan fingerprint density at radius 3 is 2.68 bits per heavy atom. The van der Waals surface area contributed by atoms with E-state index in [2.05, 4.69) is 20.8 Å². The van der Waals surface area contributed by atoms with Crippen LogP contribution in [-0.2, 0) is 14.3 Å². The number of carbonyl (C=O) groups is 2. The van der Waals surface area contributed by atoms with Gasteiger partial charge in [0.05, 0.1) is 0 Å². The van der Waals surface area contributed by atoms with Gasteiger partial charge in [0.25, 0.3) is 0 Å². The fourth-order valence-corrected chi connectivity index (χ4v) is 5.72. The summed E-state index contributed by atoms with van der Waals surface area (Å²) in [6.45, 7) is 8.61. The Kier molecular flexibility index (Phi) is 3.73. The van der Waals surface area contributed by atoms with E-state index in [0.717, 1.165) is 6.42 Å². The first-order valence-electron chi connectivity index (χ1n) is 8.65. The molecule has 3 nitrogen and oxygen atoms in total. The maximum atomic E-state index is 12.2. The first-order chi connectivity index (χ1) is 10.2. The third-order valence-corrected chi connectivity index (χ3v) is 6.64. The van der Waals surface area contributed by atoms with Gasteiger partial charge < -0.3 is 4.74 Å². The van der Waals surface area contributed by atoms with Gasteiger partial charge in [0.15, 0.2) is 11.9 Å². The summed E-state index contributed by atoms with van der Waals surface area (Å²) in [4.78, 5) is 23.5. The number of ketones is 1. The molecule has 3 heteroatoms. The van der Waals surface area contributed by atoms with Crippen molar-refractivity contribution >= 4 is 11.8 Å². The highest BCUT2D eigenvalue weighted by Gasteiger charge is 2.55. The summed E-state index contributed by atoms with van der Waals surface area (Å²) in [5, 5.41) is 0. The number of fused-ring (bicyclic) bond motifs is 3. The second kappa shape index (κ2) is 5.21. The zero-order valence-corrected chi connectivity index (χ0v) is 14.3. The van der Waals surface area contributed by atoms with E-state index in [1.54, 1.807) is 6.08 Å². The first kappa shape index (κ1) is 15.8. The molecule has 0 amide bonds. The molecule has 0 radical (unpaired) electrons. The van der Waals surface area contributed by atoms with E-state index >= 15 is 0 Å². The minimum absolute atomic E-state index is 0.0152. The van der Waals surface area contributed by atoms with E-state index in [1.165, 1.54) is 38.2 Å². The second-order valence-electron chi connectivity index (χ2n) is 8.45. The molecule has 0 heterocycles. The van der Waals surface area contributed by atoms with Crippen LogP contribution in [0.4, 0.5) is 0 Å². The number of esters is 1. The van der Waals surface area contributed by atoms with Crippen molar-refractivity contribution in [2.45, 2.75) is 72.3 Å². The van der Waals surface area contributed by atoms with E-state index in [9.17, 15) is 9.59 Å². The van der Waals surface area contributed by atoms with Crippen molar-refractivity contribution in [3.8, 4) is 0 Å². The van der Waals surface area contributed by atoms with Gasteiger partial charge in [-0.25, -0.2) is 0 Å². The standard InChI is InChI=1S/C19H28O3/c1-12(20)22-16-11-14-13(10-15(16)21)6-7-17-18(2,3)8-5-9-19(14,17)4/h10,14,16-17H,5-9,11H2,1-4H3/t14-,16-,17-,19+/m0/s1. The predicted octanol–water partition coefficient (Wildman–Crippen LogP) is 4.06. The zero-order valence-electron chi connectivity index (χ0n) is 14.3. The summed E-state index contributed by atoms with van der Waals surface area (Å²) >= 11 is 0. The van der Waals surface area contributed by atoms with Crippen LogP contribution in [0, 0.1) is 22.7 Å². The van der Waals surface area contributed by atoms with E-state index in [1.807, 2.05) is 0 Å². The van der Waals surface area contributed by atoms with Crippen LogP contribution < -0.4 is 0 Å². The van der Waals surface area contributed by atoms with Crippen LogP contribution in [0.5, 0.6) is 0 Å². The predicted molar refractivity (Wildman–Crippen MR) is 85.2 cm³/mol. The highest BCUT2D eigenvalue weighted by Crippen LogP contribution is 2.62. The summed E-state index contributed by atoms with van der Waals surface area (Å²) in [5.41, 5.74) is 1.92. The minimum atomic E-state index is -0.563. The molecule has 0 saturated heterocycles. The molecular weight excluding hydrogens is 276 g/mol. The third kappa shape index (κ3) is 2.43. The van der Waals surface area contributed by atoms with Crippen LogP contribution in [0.1, 0.15) is 66.2 Å². The molecule has 0 aromatic carbocycles. The lowest BCUT2D eigenvalue weighted by molar-refractivity contribution is -0.155. The molecule has 4 atom stereocenters. The molecule has 122 valence electrons. The van der Waals surface area contributed by atoms with Crippen molar-refractivity contribution in [2.24, 2.45) is 22.7 Å². The molecule has 2 fully saturated rings. The SMILES string of the molecule is CC(=O)O[C@H]1C[C@H]2C(=CC1=O)CC[C@H]1C(C)(C)CCC[C@]21C. The van der Waals surface area contributed by atoms with Crippen molar-refractivity contribution in [1.29, 1.82) is 0 Å². The van der Waals surface area contributed by atoms with Gasteiger partial charge in [-0.05, 0) is 60.8 Å². The third-order valence-electron chi connectivity index (χ3n) is 6.64. The normalized spacial score (nSPS) is 40.3. The number of carbonyl (C=O) groups excluding carboxylic acids is 2. The van der Waals surface area contributed by atoms with Crippen LogP contribution in [0.3, 0.4) is 0 Å². The molecule has 2 saturated carbocycles. The second-order valence-corrected chi connectivity index (χ2v) is 8.45. The van der Waals surface area contributed by atoms with Gasteiger partial charge in [-0.1, -0.05) is 32.8 Å². The lowest BCUT2D eigenvalue weighted by atomic mass is 9.46. The van der Waals surface area contributed by atoms with Gasteiger partial charge in [0.2, 0.25) is 0 Å². The van der Waals surface area contributed by atoms with Crippen LogP contribution in [0.15, 0.2) is 11.6 Å². The smallest absolute Gasteiger partial charge is 0.303 e. The monoisotopic (exact) mass is 304 g/mol. The topological polar surface area (TPSA) is 43.4 Å². The molecule has 0 N–H and O–H groups in total. The quantitative estimate of drug-likeness (QED) is 0.686. The van der Waals surface area contributed by atoms with Gasteiger partial charge in [-0.3, -0.25) is 9.59 Å². The van der Waals surface area contributed by atoms with Crippen molar-refractivity contribution in [3.63, 3.8) is 0 Å². The van der Waals surface area contributed by atoms with E-state index < -0.39 is 6.10 Å². The number of ether oxygens (including phenoxy) is 1. The van der Waals surface area contributed by atoms with Crippen molar-refractivity contribution in [3.05, 3.63) is 11.6 Å². The summed E-state index contributed by atoms with van der Waals surface area (Å²) in [6, 6.07) is 0. The van der Waals surface area contributed by atoms with Crippen molar-refractivity contribution in [2.75, 3.05) is 0 Å². The van der Waals surface area contributed by atoms with Crippen LogP contribution in [0.25, 0.3) is 0 Å². The Morgan fingerprint density at radius 1 is 1.27 bits per heavy atom. The van der Waals surface area contributed by atoms with Gasteiger partial charge >= 0.3 is 5.97 Å². The fraction of sp³-hybridized carbons (Fsp3) is 0.789. The molecule has 3 aliphatic carbocycles. The largest absolute Gasteiger partial charge is 0.454 e. The van der Waals surface area contributed by atoms with E-state index in [-0.39, 0.29) is 17.2 Å². The maximum Gasteiger partial charge on any atom is 0.303 e. The highest BCUT2D eigenvalue weighted by molar-refractivity contribution is 5.96. The number of hydrogen-bond donors (Lipinski definition) is 0. The molecule has 22 heavy (non-hydrogen) atoms. The average Bonchev–Trinajstić information content (AvgIpc) is 2.39. The van der Waals surface area contributed by atoms with Crippen molar-refractivity contribution < 1.29 is 14.3 Å². The molecule has 0 aliphatic heterocycles. The Hall–Kier alpha value is -1.12. The van der Waals surface area contributed by atoms with Crippen LogP contribution >= 0.6 is 0 Å². The average molecular weight is 304 g/mol. The molecule has 0 unspecified atom stereocenters. The van der Waals surface area contributed by atoms with Crippen LogP contribution in [-0.4, -0.2) is 17.9 Å². The number of rotatable bonds is 1. The van der Waals surface area contributed by atoms with E-state index in [0.29, 0.717) is 23.7 Å². The molecule has 0 aromatic rings. The molecule has 3 aliphatic rings. The highest BCUT2D eigenvalue weighted by atomic mass is 16.5. The minimum Gasteiger partial charge on any atom is -0.454 e. The zero-order chi connectivity index (χ0) is 16.1. The van der Waals surface area contributed by atoms with E-state index in [4.69, 9.17) is 4.74 Å². The van der Waals surface area contributed by atoms with Gasteiger partial charge in [0.1, 0.15) is 0 Å². The number of allylic oxidation sites excluding steroid dienone is 1. The Morgan fingerprint density at radius 2 is 2.00 bits per heavy atom. The molecular formula is C19H28O3. The van der Waals surface area contributed by atoms with Gasteiger partial charge in [-0.2, -0.15) is 0 Å². The molecule has 0 bridgehead atoms. The lowest BCUT2D eigenvalue weighted by Crippen LogP contribution is -2.52. The number of hydrogen-bond acceptors (Lipinski definition) is 3. The maximum absolute atomic E-state index is 12.2. The molecule has 3 rings (SSSR count). The fourth-order valence-electron chi connectivity index (χ4n) is 5.72. The first-order valence-corrected chi connectivity index (χ1v) is 8.65. The van der Waals surface area contributed by atoms with Crippen LogP contribution in [0.2, 0.25) is 0 Å². The Bertz CT molecular complexity index is 531. The van der Waals surface area contributed by atoms with Gasteiger partial charge in [-0.15, -0.1) is 0 Å². The van der Waals surface area contributed by atoms with Gasteiger partial charge in [0, 0.05) is 6.92 Å². The summed E-state index contributed by atoms with van der Waals surface area (Å²) in [6.07, 6.45) is 7.93. The van der Waals surface area contributed by atoms with Crippen molar-refractivity contribution in [1.82, 2.24) is 0 Å². The summed E-state index contributed by atoms with van der Waals surface area (Å²) in [7, 11) is 0. The summed E-state index contributed by atoms with van der Waals surface area (Å²) < 4.78 is 5.30. The molecule has 0 aromatic heterocycles.